The molecular weight excluding hydrogens is 400 g/mol. The van der Waals surface area contributed by atoms with Crippen LogP contribution in [-0.4, -0.2) is 4.98 Å². The van der Waals surface area contributed by atoms with Gasteiger partial charge >= 0.3 is 0 Å². The Kier molecular flexibility index (Phi) is 3.88. The Morgan fingerprint density at radius 2 is 1.18 bits per heavy atom. The Balaban J connectivity index is 1.57. The number of pyridine rings is 1. The minimum absolute atomic E-state index is 1.13. The van der Waals surface area contributed by atoms with Crippen LogP contribution in [-0.2, 0) is 0 Å². The first-order valence-electron chi connectivity index (χ1n) is 11.2. The summed E-state index contributed by atoms with van der Waals surface area (Å²) >= 11 is 0. The van der Waals surface area contributed by atoms with Gasteiger partial charge in [0.2, 0.25) is 0 Å². The smallest absolute Gasteiger partial charge is 0.0555 e. The van der Waals surface area contributed by atoms with Gasteiger partial charge in [-0.05, 0) is 63.4 Å². The normalized spacial score (nSPS) is 11.6. The van der Waals surface area contributed by atoms with Gasteiger partial charge in [0.1, 0.15) is 0 Å². The van der Waals surface area contributed by atoms with Crippen LogP contribution in [0, 0.1) is 0 Å². The molecule has 2 heteroatoms. The first-order chi connectivity index (χ1) is 16.4. The lowest BCUT2D eigenvalue weighted by atomic mass is 9.99. The van der Waals surface area contributed by atoms with Crippen LogP contribution in [0.5, 0.6) is 0 Å². The lowest BCUT2D eigenvalue weighted by Gasteiger charge is -2.28. The molecule has 0 N–H and O–H groups in total. The summed E-state index contributed by atoms with van der Waals surface area (Å²) in [4.78, 5) is 6.82. The summed E-state index contributed by atoms with van der Waals surface area (Å²) in [6.07, 6.45) is 3.83. The van der Waals surface area contributed by atoms with Crippen molar-refractivity contribution in [3.8, 4) is 22.3 Å². The molecule has 0 fully saturated rings. The van der Waals surface area contributed by atoms with Gasteiger partial charge < -0.3 is 4.90 Å². The van der Waals surface area contributed by atoms with Crippen LogP contribution < -0.4 is 4.90 Å². The molecule has 0 radical (unpaired) electrons. The largest absolute Gasteiger partial charge is 0.309 e. The fourth-order valence-electron chi connectivity index (χ4n) is 5.27. The molecule has 1 aliphatic rings. The van der Waals surface area contributed by atoms with Crippen molar-refractivity contribution in [3.63, 3.8) is 0 Å². The first kappa shape index (κ1) is 18.2. The molecule has 0 saturated heterocycles. The molecule has 2 nitrogen and oxygen atoms in total. The van der Waals surface area contributed by atoms with E-state index in [1.54, 1.807) is 0 Å². The summed E-state index contributed by atoms with van der Waals surface area (Å²) in [7, 11) is 0. The zero-order valence-corrected chi connectivity index (χ0v) is 17.9. The van der Waals surface area contributed by atoms with Crippen molar-refractivity contribution in [2.24, 2.45) is 0 Å². The Morgan fingerprint density at radius 1 is 0.485 bits per heavy atom. The van der Waals surface area contributed by atoms with E-state index in [2.05, 4.69) is 119 Å². The maximum Gasteiger partial charge on any atom is 0.0555 e. The summed E-state index contributed by atoms with van der Waals surface area (Å²) in [6, 6.07) is 39.1. The van der Waals surface area contributed by atoms with Crippen molar-refractivity contribution in [2.45, 2.75) is 0 Å². The van der Waals surface area contributed by atoms with E-state index in [9.17, 15) is 0 Å². The minimum atomic E-state index is 1.13. The Morgan fingerprint density at radius 3 is 2.03 bits per heavy atom. The minimum Gasteiger partial charge on any atom is -0.309 e. The molecule has 5 aromatic carbocycles. The van der Waals surface area contributed by atoms with E-state index in [1.165, 1.54) is 44.1 Å². The molecule has 6 aromatic rings. The lowest BCUT2D eigenvalue weighted by molar-refractivity contribution is 1.30. The molecule has 0 unspecified atom stereocenters. The highest BCUT2D eigenvalue weighted by Gasteiger charge is 2.24. The molecule has 0 amide bonds. The monoisotopic (exact) mass is 420 g/mol. The van der Waals surface area contributed by atoms with Gasteiger partial charge in [-0.1, -0.05) is 78.9 Å². The fraction of sp³-hybridized carbons (Fsp3) is 0. The molecule has 7 rings (SSSR count). The van der Waals surface area contributed by atoms with Crippen molar-refractivity contribution in [1.82, 2.24) is 4.98 Å². The molecule has 154 valence electrons. The molecule has 0 aliphatic heterocycles. The van der Waals surface area contributed by atoms with Gasteiger partial charge in [-0.25, -0.2) is 0 Å². The van der Waals surface area contributed by atoms with Crippen molar-refractivity contribution in [2.75, 3.05) is 4.90 Å². The van der Waals surface area contributed by atoms with Crippen molar-refractivity contribution < 1.29 is 0 Å². The van der Waals surface area contributed by atoms with Crippen LogP contribution in [0.3, 0.4) is 0 Å². The van der Waals surface area contributed by atoms with E-state index < -0.39 is 0 Å². The SMILES string of the molecule is c1ccc(N(c2cccc3ccncc23)c2ccc3c4c(cccc24)-c2ccccc2-3)cc1. The highest BCUT2D eigenvalue weighted by Crippen LogP contribution is 2.51. The first-order valence-corrected chi connectivity index (χ1v) is 11.2. The highest BCUT2D eigenvalue weighted by atomic mass is 15.1. The van der Waals surface area contributed by atoms with E-state index >= 15 is 0 Å². The maximum atomic E-state index is 4.44. The Hall–Kier alpha value is -4.43. The molecular formula is C31H20N2. The van der Waals surface area contributed by atoms with Gasteiger partial charge in [-0.2, -0.15) is 0 Å². The summed E-state index contributed by atoms with van der Waals surface area (Å²) in [5.74, 6) is 0. The number of hydrogen-bond acceptors (Lipinski definition) is 2. The second-order valence-electron chi connectivity index (χ2n) is 8.45. The van der Waals surface area contributed by atoms with Crippen molar-refractivity contribution in [3.05, 3.63) is 122 Å². The molecule has 1 heterocycles. The average Bonchev–Trinajstić information content (AvgIpc) is 3.22. The molecule has 0 atom stereocenters. The molecule has 1 aliphatic carbocycles. The van der Waals surface area contributed by atoms with E-state index in [-0.39, 0.29) is 0 Å². The van der Waals surface area contributed by atoms with Crippen LogP contribution in [0.25, 0.3) is 43.8 Å². The number of rotatable bonds is 3. The second-order valence-corrected chi connectivity index (χ2v) is 8.45. The summed E-state index contributed by atoms with van der Waals surface area (Å²) in [6.45, 7) is 0. The predicted molar refractivity (Wildman–Crippen MR) is 138 cm³/mol. The number of nitrogens with zero attached hydrogens (tertiary/aromatic N) is 2. The van der Waals surface area contributed by atoms with E-state index in [4.69, 9.17) is 0 Å². The van der Waals surface area contributed by atoms with Crippen LogP contribution in [0.15, 0.2) is 122 Å². The van der Waals surface area contributed by atoms with Crippen molar-refractivity contribution >= 4 is 38.6 Å². The van der Waals surface area contributed by atoms with Gasteiger partial charge in [0.25, 0.3) is 0 Å². The third kappa shape index (κ3) is 2.64. The van der Waals surface area contributed by atoms with Crippen LogP contribution >= 0.6 is 0 Å². The van der Waals surface area contributed by atoms with Crippen LogP contribution in [0.1, 0.15) is 0 Å². The maximum absolute atomic E-state index is 4.44. The molecule has 33 heavy (non-hydrogen) atoms. The van der Waals surface area contributed by atoms with Crippen LogP contribution in [0.4, 0.5) is 17.1 Å². The van der Waals surface area contributed by atoms with Crippen LogP contribution in [0.2, 0.25) is 0 Å². The molecule has 1 aromatic heterocycles. The zero-order valence-electron chi connectivity index (χ0n) is 17.9. The van der Waals surface area contributed by atoms with Gasteiger partial charge in [0, 0.05) is 28.9 Å². The topological polar surface area (TPSA) is 16.1 Å². The number of aromatic nitrogens is 1. The number of fused-ring (bicyclic) bond motifs is 4. The van der Waals surface area contributed by atoms with E-state index in [1.807, 2.05) is 12.4 Å². The zero-order chi connectivity index (χ0) is 21.8. The average molecular weight is 421 g/mol. The third-order valence-corrected chi connectivity index (χ3v) is 6.68. The third-order valence-electron chi connectivity index (χ3n) is 6.68. The Bertz CT molecular complexity index is 1630. The number of hydrogen-bond donors (Lipinski definition) is 0. The summed E-state index contributed by atoms with van der Waals surface area (Å²) in [5, 5.41) is 4.90. The van der Waals surface area contributed by atoms with E-state index in [0.717, 1.165) is 16.8 Å². The van der Waals surface area contributed by atoms with Gasteiger partial charge in [-0.3, -0.25) is 4.98 Å². The second kappa shape index (κ2) is 7.04. The predicted octanol–water partition coefficient (Wildman–Crippen LogP) is 8.51. The number of benzene rings is 5. The molecule has 0 saturated carbocycles. The van der Waals surface area contributed by atoms with Gasteiger partial charge in [0.15, 0.2) is 0 Å². The standard InChI is InChI=1S/C31H20N2/c1-2-9-22(10-3-1)33(29-15-6-8-21-18-19-32-20-28(21)29)30-17-16-26-24-12-5-4-11-23(24)25-13-7-14-27(30)31(25)26/h1-20H. The molecule has 0 bridgehead atoms. The van der Waals surface area contributed by atoms with Gasteiger partial charge in [-0.15, -0.1) is 0 Å². The van der Waals surface area contributed by atoms with Gasteiger partial charge in [0.05, 0.1) is 11.4 Å². The molecule has 0 spiro atoms. The quantitative estimate of drug-likeness (QED) is 0.285. The summed E-state index contributed by atoms with van der Waals surface area (Å²) < 4.78 is 0. The highest BCUT2D eigenvalue weighted by molar-refractivity contribution is 6.19. The Labute approximate surface area is 192 Å². The van der Waals surface area contributed by atoms with E-state index in [0.29, 0.717) is 0 Å². The fourth-order valence-corrected chi connectivity index (χ4v) is 5.27. The lowest BCUT2D eigenvalue weighted by Crippen LogP contribution is -2.11. The summed E-state index contributed by atoms with van der Waals surface area (Å²) in [5.41, 5.74) is 8.69. The van der Waals surface area contributed by atoms with Crippen molar-refractivity contribution in [1.29, 1.82) is 0 Å². The number of para-hydroxylation sites is 1. The number of anilines is 3.